The first-order valence-electron chi connectivity index (χ1n) is 7.97. The van der Waals surface area contributed by atoms with Crippen LogP contribution >= 0.6 is 11.3 Å². The molecule has 2 heteroatoms. The van der Waals surface area contributed by atoms with Crippen molar-refractivity contribution in [2.45, 2.75) is 6.55 Å². The monoisotopic (exact) mass is 328 g/mol. The number of hydrogen-bond acceptors (Lipinski definition) is 1. The molecule has 0 spiro atoms. The zero-order chi connectivity index (χ0) is 15.4. The Hall–Kier alpha value is -2.16. The molecule has 1 aliphatic heterocycles. The lowest BCUT2D eigenvalue weighted by atomic mass is 10.1. The molecule has 3 aromatic carbocycles. The van der Waals surface area contributed by atoms with Crippen molar-refractivity contribution in [3.8, 4) is 11.1 Å². The normalized spacial score (nSPS) is 18.8. The van der Waals surface area contributed by atoms with Crippen LogP contribution in [-0.2, 0) is 0 Å². The molecule has 0 bridgehead atoms. The van der Waals surface area contributed by atoms with E-state index in [-0.39, 0.29) is 0 Å². The van der Waals surface area contributed by atoms with Crippen molar-refractivity contribution in [2.24, 2.45) is 0 Å². The highest BCUT2D eigenvalue weighted by Crippen LogP contribution is 2.38. The maximum atomic E-state index is 2.52. The van der Waals surface area contributed by atoms with Gasteiger partial charge < -0.3 is 0 Å². The lowest BCUT2D eigenvalue weighted by Crippen LogP contribution is -2.61. The van der Waals surface area contributed by atoms with Gasteiger partial charge in [-0.05, 0) is 27.6 Å². The highest BCUT2D eigenvalue weighted by molar-refractivity contribution is 7.38. The summed E-state index contributed by atoms with van der Waals surface area (Å²) in [6.07, 6.45) is 0. The van der Waals surface area contributed by atoms with Crippen molar-refractivity contribution in [1.29, 1.82) is 0 Å². The first-order valence-corrected chi connectivity index (χ1v) is 11.3. The summed E-state index contributed by atoms with van der Waals surface area (Å²) in [5.41, 5.74) is 2.96. The molecule has 23 heavy (non-hydrogen) atoms. The fourth-order valence-electron chi connectivity index (χ4n) is 3.98. The number of rotatable bonds is 1. The summed E-state index contributed by atoms with van der Waals surface area (Å²) in [4.78, 5) is 0. The van der Waals surface area contributed by atoms with E-state index in [0.717, 1.165) is 0 Å². The maximum absolute atomic E-state index is 2.52. The molecule has 0 fully saturated rings. The third-order valence-corrected chi connectivity index (χ3v) is 11.8. The standard InChI is InChI=1S/C21H16SSi/c1-23(15-9-3-2-4-10-15)19-14-8-6-12-17(19)20-16-11-5-7-13-18(16)22-21(20)23/h2-14H,1H3. The molecule has 0 amide bonds. The molecule has 5 rings (SSSR count). The average molecular weight is 329 g/mol. The minimum atomic E-state index is -1.87. The van der Waals surface area contributed by atoms with Gasteiger partial charge in [0.1, 0.15) is 0 Å². The van der Waals surface area contributed by atoms with Crippen LogP contribution in [0.5, 0.6) is 0 Å². The van der Waals surface area contributed by atoms with E-state index in [4.69, 9.17) is 0 Å². The van der Waals surface area contributed by atoms with E-state index in [0.29, 0.717) is 0 Å². The van der Waals surface area contributed by atoms with Crippen molar-refractivity contribution < 1.29 is 0 Å². The average Bonchev–Trinajstić information content (AvgIpc) is 3.12. The van der Waals surface area contributed by atoms with E-state index >= 15 is 0 Å². The second kappa shape index (κ2) is 4.67. The van der Waals surface area contributed by atoms with Crippen molar-refractivity contribution in [1.82, 2.24) is 0 Å². The molecule has 0 aliphatic carbocycles. The summed E-state index contributed by atoms with van der Waals surface area (Å²) < 4.78 is 3.03. The molecule has 1 unspecified atom stereocenters. The van der Waals surface area contributed by atoms with E-state index < -0.39 is 8.07 Å². The molecule has 0 N–H and O–H groups in total. The van der Waals surface area contributed by atoms with Gasteiger partial charge in [0, 0.05) is 14.6 Å². The van der Waals surface area contributed by atoms with Gasteiger partial charge in [0.25, 0.3) is 0 Å². The molecule has 110 valence electrons. The van der Waals surface area contributed by atoms with Crippen molar-refractivity contribution in [3.63, 3.8) is 0 Å². The second-order valence-electron chi connectivity index (χ2n) is 6.34. The van der Waals surface area contributed by atoms with Gasteiger partial charge in [-0.15, -0.1) is 11.3 Å². The van der Waals surface area contributed by atoms with Crippen LogP contribution in [0, 0.1) is 0 Å². The minimum absolute atomic E-state index is 1.42. The zero-order valence-corrected chi connectivity index (χ0v) is 14.7. The highest BCUT2D eigenvalue weighted by atomic mass is 32.1. The van der Waals surface area contributed by atoms with E-state index in [2.05, 4.69) is 85.4 Å². The van der Waals surface area contributed by atoms with E-state index in [1.807, 2.05) is 11.3 Å². The summed E-state index contributed by atoms with van der Waals surface area (Å²) in [5.74, 6) is 0. The molecule has 0 saturated carbocycles. The van der Waals surface area contributed by atoms with Gasteiger partial charge in [-0.1, -0.05) is 79.3 Å². The van der Waals surface area contributed by atoms with Gasteiger partial charge in [-0.2, -0.15) is 0 Å². The summed E-state index contributed by atoms with van der Waals surface area (Å²) in [7, 11) is -1.87. The van der Waals surface area contributed by atoms with E-state index in [1.165, 1.54) is 26.4 Å². The van der Waals surface area contributed by atoms with Crippen molar-refractivity contribution in [2.75, 3.05) is 0 Å². The Balaban J connectivity index is 1.95. The van der Waals surface area contributed by atoms with Crippen LogP contribution in [0.4, 0.5) is 0 Å². The van der Waals surface area contributed by atoms with E-state index in [9.17, 15) is 0 Å². The Morgan fingerprint density at radius 3 is 2.30 bits per heavy atom. The lowest BCUT2D eigenvalue weighted by Gasteiger charge is -2.24. The van der Waals surface area contributed by atoms with E-state index in [1.54, 1.807) is 9.69 Å². The summed E-state index contributed by atoms with van der Waals surface area (Å²) in [6, 6.07) is 29.0. The van der Waals surface area contributed by atoms with Crippen LogP contribution in [0.3, 0.4) is 0 Å². The van der Waals surface area contributed by atoms with Gasteiger partial charge in [0.05, 0.1) is 0 Å². The molecule has 0 nitrogen and oxygen atoms in total. The van der Waals surface area contributed by atoms with Gasteiger partial charge in [-0.3, -0.25) is 0 Å². The molecular weight excluding hydrogens is 312 g/mol. The Bertz CT molecular complexity index is 1030. The summed E-state index contributed by atoms with van der Waals surface area (Å²) >= 11 is 2.01. The topological polar surface area (TPSA) is 0 Å². The maximum Gasteiger partial charge on any atom is 0.159 e. The summed E-state index contributed by atoms with van der Waals surface area (Å²) in [5, 5.41) is 4.50. The Labute approximate surface area is 141 Å². The fraction of sp³-hybridized carbons (Fsp3) is 0.0476. The smallest absolute Gasteiger partial charge is 0.143 e. The number of hydrogen-bond donors (Lipinski definition) is 0. The molecule has 4 aromatic rings. The predicted molar refractivity (Wildman–Crippen MR) is 104 cm³/mol. The Kier molecular flexibility index (Phi) is 2.70. The van der Waals surface area contributed by atoms with Gasteiger partial charge in [-0.25, -0.2) is 0 Å². The largest absolute Gasteiger partial charge is 0.159 e. The first-order chi connectivity index (χ1) is 11.3. The van der Waals surface area contributed by atoms with Crippen LogP contribution in [0.15, 0.2) is 78.9 Å². The Morgan fingerprint density at radius 1 is 0.739 bits per heavy atom. The summed E-state index contributed by atoms with van der Waals surface area (Å²) in [6.45, 7) is 2.52. The molecule has 1 atom stereocenters. The molecular formula is C21H16SSi. The molecule has 2 heterocycles. The molecule has 0 radical (unpaired) electrons. The van der Waals surface area contributed by atoms with Crippen LogP contribution in [0.1, 0.15) is 0 Å². The number of fused-ring (bicyclic) bond motifs is 5. The SMILES string of the molecule is C[Si]1(c2ccccc2)c2ccccc2-c2c1sc1ccccc21. The van der Waals surface area contributed by atoms with Crippen molar-refractivity contribution in [3.05, 3.63) is 78.9 Å². The van der Waals surface area contributed by atoms with Gasteiger partial charge >= 0.3 is 0 Å². The van der Waals surface area contributed by atoms with Crippen LogP contribution in [0.25, 0.3) is 21.2 Å². The lowest BCUT2D eigenvalue weighted by molar-refractivity contribution is 1.72. The second-order valence-corrected chi connectivity index (χ2v) is 11.6. The van der Waals surface area contributed by atoms with Crippen LogP contribution in [0.2, 0.25) is 6.55 Å². The third kappa shape index (κ3) is 1.65. The highest BCUT2D eigenvalue weighted by Gasteiger charge is 2.45. The molecule has 1 aliphatic rings. The fourth-order valence-corrected chi connectivity index (χ4v) is 10.4. The predicted octanol–water partition coefficient (Wildman–Crippen LogP) is 3.98. The Morgan fingerprint density at radius 2 is 1.43 bits per heavy atom. The number of benzene rings is 3. The zero-order valence-electron chi connectivity index (χ0n) is 12.9. The first kappa shape index (κ1) is 13.3. The van der Waals surface area contributed by atoms with Gasteiger partial charge in [0.2, 0.25) is 0 Å². The molecule has 1 aromatic heterocycles. The van der Waals surface area contributed by atoms with Crippen LogP contribution < -0.4 is 14.9 Å². The van der Waals surface area contributed by atoms with Gasteiger partial charge in [0.15, 0.2) is 8.07 Å². The quantitative estimate of drug-likeness (QED) is 0.464. The number of thiophene rings is 1. The van der Waals surface area contributed by atoms with Crippen molar-refractivity contribution >= 4 is 44.4 Å². The minimum Gasteiger partial charge on any atom is -0.143 e. The molecule has 0 saturated heterocycles. The van der Waals surface area contributed by atoms with Crippen LogP contribution in [-0.4, -0.2) is 8.07 Å². The third-order valence-electron chi connectivity index (χ3n) is 5.14.